The van der Waals surface area contributed by atoms with Gasteiger partial charge in [0.2, 0.25) is 5.91 Å². The lowest BCUT2D eigenvalue weighted by atomic mass is 10.0. The van der Waals surface area contributed by atoms with Crippen molar-refractivity contribution < 1.29 is 4.79 Å². The summed E-state index contributed by atoms with van der Waals surface area (Å²) in [6.45, 7) is 9.36. The standard InChI is InChI=1S/C14H27N3O/c1-5-13(6-2)11-17(7-3)12-14(18)16(4)10-8-9-15/h13H,5-8,10-12H2,1-4H3. The van der Waals surface area contributed by atoms with Gasteiger partial charge in [-0.25, -0.2) is 0 Å². The number of likely N-dealkylation sites (N-methyl/N-ethyl adjacent to an activating group) is 2. The molecule has 0 atom stereocenters. The quantitative estimate of drug-likeness (QED) is 0.632. The summed E-state index contributed by atoms with van der Waals surface area (Å²) in [7, 11) is 1.77. The summed E-state index contributed by atoms with van der Waals surface area (Å²) >= 11 is 0. The molecule has 0 aliphatic heterocycles. The molecule has 0 aliphatic rings. The first-order chi connectivity index (χ1) is 8.58. The Morgan fingerprint density at radius 1 is 1.28 bits per heavy atom. The number of nitriles is 1. The largest absolute Gasteiger partial charge is 0.344 e. The number of amides is 1. The molecule has 0 saturated carbocycles. The van der Waals surface area contributed by atoms with Gasteiger partial charge in [0, 0.05) is 20.1 Å². The van der Waals surface area contributed by atoms with Crippen LogP contribution in [-0.2, 0) is 4.79 Å². The first kappa shape index (κ1) is 16.9. The summed E-state index contributed by atoms with van der Waals surface area (Å²) in [6.07, 6.45) is 2.72. The Balaban J connectivity index is 4.19. The van der Waals surface area contributed by atoms with Crippen LogP contribution in [0.2, 0.25) is 0 Å². The van der Waals surface area contributed by atoms with Crippen LogP contribution in [0.1, 0.15) is 40.0 Å². The number of carbonyl (C=O) groups is 1. The molecule has 0 N–H and O–H groups in total. The average Bonchev–Trinajstić information content (AvgIpc) is 2.40. The summed E-state index contributed by atoms with van der Waals surface area (Å²) in [6, 6.07) is 2.06. The van der Waals surface area contributed by atoms with Crippen LogP contribution in [-0.4, -0.2) is 48.9 Å². The minimum Gasteiger partial charge on any atom is -0.344 e. The van der Waals surface area contributed by atoms with Crippen molar-refractivity contribution in [2.75, 3.05) is 33.2 Å². The highest BCUT2D eigenvalue weighted by Gasteiger charge is 2.15. The van der Waals surface area contributed by atoms with Crippen LogP contribution < -0.4 is 0 Å². The van der Waals surface area contributed by atoms with Crippen LogP contribution in [0.3, 0.4) is 0 Å². The first-order valence-corrected chi connectivity index (χ1v) is 6.92. The van der Waals surface area contributed by atoms with E-state index >= 15 is 0 Å². The molecule has 0 unspecified atom stereocenters. The average molecular weight is 253 g/mol. The zero-order chi connectivity index (χ0) is 14.0. The van der Waals surface area contributed by atoms with E-state index in [4.69, 9.17) is 5.26 Å². The normalized spacial score (nSPS) is 10.7. The van der Waals surface area contributed by atoms with E-state index in [2.05, 4.69) is 31.7 Å². The maximum atomic E-state index is 12.0. The van der Waals surface area contributed by atoms with E-state index in [0.717, 1.165) is 25.9 Å². The first-order valence-electron chi connectivity index (χ1n) is 6.92. The topological polar surface area (TPSA) is 47.3 Å². The smallest absolute Gasteiger partial charge is 0.236 e. The molecule has 0 saturated heterocycles. The van der Waals surface area contributed by atoms with E-state index in [1.165, 1.54) is 0 Å². The molecule has 0 fully saturated rings. The van der Waals surface area contributed by atoms with Gasteiger partial charge in [0.1, 0.15) is 0 Å². The van der Waals surface area contributed by atoms with E-state index in [1.807, 2.05) is 0 Å². The lowest BCUT2D eigenvalue weighted by Crippen LogP contribution is -2.40. The van der Waals surface area contributed by atoms with Gasteiger partial charge in [0.15, 0.2) is 0 Å². The number of carbonyl (C=O) groups excluding carboxylic acids is 1. The second-order valence-corrected chi connectivity index (χ2v) is 4.73. The van der Waals surface area contributed by atoms with Gasteiger partial charge in [-0.15, -0.1) is 0 Å². The van der Waals surface area contributed by atoms with Gasteiger partial charge in [0.05, 0.1) is 19.0 Å². The number of nitrogens with zero attached hydrogens (tertiary/aromatic N) is 3. The predicted molar refractivity (Wildman–Crippen MR) is 74.1 cm³/mol. The third-order valence-electron chi connectivity index (χ3n) is 3.46. The molecule has 0 aromatic heterocycles. The predicted octanol–water partition coefficient (Wildman–Crippen LogP) is 2.12. The highest BCUT2D eigenvalue weighted by molar-refractivity contribution is 5.77. The molecular formula is C14H27N3O. The highest BCUT2D eigenvalue weighted by Crippen LogP contribution is 2.09. The van der Waals surface area contributed by atoms with Gasteiger partial charge >= 0.3 is 0 Å². The highest BCUT2D eigenvalue weighted by atomic mass is 16.2. The van der Waals surface area contributed by atoms with Crippen LogP contribution in [0.4, 0.5) is 0 Å². The molecule has 0 rings (SSSR count). The fraction of sp³-hybridized carbons (Fsp3) is 0.857. The van der Waals surface area contributed by atoms with Crippen molar-refractivity contribution in [1.29, 1.82) is 5.26 Å². The van der Waals surface area contributed by atoms with Gasteiger partial charge < -0.3 is 4.90 Å². The van der Waals surface area contributed by atoms with E-state index in [9.17, 15) is 4.79 Å². The maximum absolute atomic E-state index is 12.0. The Labute approximate surface area is 112 Å². The monoisotopic (exact) mass is 253 g/mol. The number of rotatable bonds is 9. The second-order valence-electron chi connectivity index (χ2n) is 4.73. The van der Waals surface area contributed by atoms with Crippen molar-refractivity contribution in [3.8, 4) is 6.07 Å². The molecule has 4 heteroatoms. The summed E-state index contributed by atoms with van der Waals surface area (Å²) in [5.74, 6) is 0.778. The van der Waals surface area contributed by atoms with Crippen molar-refractivity contribution >= 4 is 5.91 Å². The van der Waals surface area contributed by atoms with Crippen LogP contribution in [0.15, 0.2) is 0 Å². The van der Waals surface area contributed by atoms with Crippen molar-refractivity contribution in [3.05, 3.63) is 0 Å². The maximum Gasteiger partial charge on any atom is 0.236 e. The molecule has 0 heterocycles. The zero-order valence-electron chi connectivity index (χ0n) is 12.3. The summed E-state index contributed by atoms with van der Waals surface area (Å²) in [4.78, 5) is 15.8. The molecule has 0 radical (unpaired) electrons. The molecule has 4 nitrogen and oxygen atoms in total. The molecule has 104 valence electrons. The van der Waals surface area contributed by atoms with E-state index in [-0.39, 0.29) is 5.91 Å². The van der Waals surface area contributed by atoms with E-state index < -0.39 is 0 Å². The van der Waals surface area contributed by atoms with Gasteiger partial charge in [-0.2, -0.15) is 5.26 Å². The number of hydrogen-bond acceptors (Lipinski definition) is 3. The Bertz CT molecular complexity index is 269. The summed E-state index contributed by atoms with van der Waals surface area (Å²) in [5, 5.41) is 8.51. The van der Waals surface area contributed by atoms with Gasteiger partial charge in [-0.05, 0) is 12.5 Å². The SMILES string of the molecule is CCC(CC)CN(CC)CC(=O)N(C)CCC#N. The van der Waals surface area contributed by atoms with Crippen LogP contribution in [0.5, 0.6) is 0 Å². The second kappa shape index (κ2) is 9.90. The fourth-order valence-corrected chi connectivity index (χ4v) is 1.87. The van der Waals surface area contributed by atoms with Gasteiger partial charge in [-0.3, -0.25) is 9.69 Å². The summed E-state index contributed by atoms with van der Waals surface area (Å²) < 4.78 is 0. The van der Waals surface area contributed by atoms with E-state index in [0.29, 0.717) is 25.4 Å². The molecule has 18 heavy (non-hydrogen) atoms. The van der Waals surface area contributed by atoms with Crippen LogP contribution in [0.25, 0.3) is 0 Å². The fourth-order valence-electron chi connectivity index (χ4n) is 1.87. The third kappa shape index (κ3) is 6.61. The Morgan fingerprint density at radius 3 is 2.33 bits per heavy atom. The number of hydrogen-bond donors (Lipinski definition) is 0. The Kier molecular flexibility index (Phi) is 9.31. The molecular weight excluding hydrogens is 226 g/mol. The van der Waals surface area contributed by atoms with Crippen molar-refractivity contribution in [3.63, 3.8) is 0 Å². The molecule has 1 amide bonds. The Hall–Kier alpha value is -1.08. The van der Waals surface area contributed by atoms with Crippen LogP contribution in [0, 0.1) is 17.2 Å². The lowest BCUT2D eigenvalue weighted by molar-refractivity contribution is -0.131. The van der Waals surface area contributed by atoms with Gasteiger partial charge in [0.25, 0.3) is 0 Å². The molecule has 0 aromatic rings. The molecule has 0 bridgehead atoms. The van der Waals surface area contributed by atoms with Gasteiger partial charge in [-0.1, -0.05) is 33.6 Å². The van der Waals surface area contributed by atoms with Crippen molar-refractivity contribution in [2.45, 2.75) is 40.0 Å². The summed E-state index contributed by atoms with van der Waals surface area (Å²) in [5.41, 5.74) is 0. The lowest BCUT2D eigenvalue weighted by Gasteiger charge is -2.26. The molecule has 0 aliphatic carbocycles. The van der Waals surface area contributed by atoms with E-state index in [1.54, 1.807) is 11.9 Å². The van der Waals surface area contributed by atoms with Crippen molar-refractivity contribution in [2.24, 2.45) is 5.92 Å². The minimum atomic E-state index is 0.109. The Morgan fingerprint density at radius 2 is 1.89 bits per heavy atom. The minimum absolute atomic E-state index is 0.109. The van der Waals surface area contributed by atoms with Crippen molar-refractivity contribution in [1.82, 2.24) is 9.80 Å². The molecule has 0 spiro atoms. The zero-order valence-corrected chi connectivity index (χ0v) is 12.3. The molecule has 0 aromatic carbocycles. The van der Waals surface area contributed by atoms with Crippen LogP contribution >= 0.6 is 0 Å². The third-order valence-corrected chi connectivity index (χ3v) is 3.46.